The zero-order valence-corrected chi connectivity index (χ0v) is 55.9. The number of alkyl halides is 1. The molecule has 4 aliphatic heterocycles. The van der Waals surface area contributed by atoms with Crippen LogP contribution in [-0.4, -0.2) is 183 Å². The maximum Gasteiger partial charge on any atom is 0.246 e. The molecule has 6 heterocycles. The van der Waals surface area contributed by atoms with Crippen molar-refractivity contribution < 1.29 is 75.8 Å². The van der Waals surface area contributed by atoms with Crippen LogP contribution in [0.1, 0.15) is 100.0 Å². The molecule has 15 N–H and O–H groups in total. The van der Waals surface area contributed by atoms with Gasteiger partial charge in [0.1, 0.15) is 77.4 Å². The molecule has 6 aromatic rings. The lowest BCUT2D eigenvalue weighted by Crippen LogP contribution is -2.64. The number of hydrogen-bond donors (Lipinski definition) is 13. The molecule has 534 valence electrons. The lowest BCUT2D eigenvalue weighted by Gasteiger charge is -2.37. The van der Waals surface area contributed by atoms with Crippen molar-refractivity contribution in [2.75, 3.05) is 26.7 Å². The van der Waals surface area contributed by atoms with Crippen LogP contribution in [0.15, 0.2) is 97.3 Å². The number of nitrogens with zero attached hydrogens (tertiary/aromatic N) is 2. The Bertz CT molecular complexity index is 4020. The number of carbonyl (C=O) groups is 11. The van der Waals surface area contributed by atoms with Gasteiger partial charge in [0.25, 0.3) is 0 Å². The number of primary amides is 1. The second-order valence-electron chi connectivity index (χ2n) is 25.9. The first-order chi connectivity index (χ1) is 47.7. The number of fused-ring (bicyclic) bond motifs is 30. The number of ether oxygens (including phenoxy) is 1. The van der Waals surface area contributed by atoms with E-state index in [9.17, 15) is 52.2 Å². The Morgan fingerprint density at radius 1 is 0.680 bits per heavy atom. The molecule has 2 saturated heterocycles. The van der Waals surface area contributed by atoms with Crippen molar-refractivity contribution >= 4 is 86.8 Å². The third-order valence-corrected chi connectivity index (χ3v) is 18.6. The van der Waals surface area contributed by atoms with Crippen molar-refractivity contribution in [2.45, 2.75) is 171 Å². The van der Waals surface area contributed by atoms with Gasteiger partial charge in [-0.25, -0.2) is 13.2 Å². The summed E-state index contributed by atoms with van der Waals surface area (Å²) in [6.45, 7) is 3.50. The van der Waals surface area contributed by atoms with Gasteiger partial charge in [-0.15, -0.1) is 0 Å². The van der Waals surface area contributed by atoms with Crippen LogP contribution in [0.2, 0.25) is 0 Å². The first-order valence-electron chi connectivity index (χ1n) is 33.3. The monoisotopic (exact) mass is 1390 g/mol. The van der Waals surface area contributed by atoms with E-state index in [2.05, 4.69) is 52.5 Å². The predicted molar refractivity (Wildman–Crippen MR) is 359 cm³/mol. The van der Waals surface area contributed by atoms with E-state index < -0.39 is 162 Å². The number of carbonyl (C=O) groups excluding carboxylic acids is 11. The highest BCUT2D eigenvalue weighted by molar-refractivity contribution is 6.01. The molecule has 0 aliphatic carbocycles. The van der Waals surface area contributed by atoms with Crippen molar-refractivity contribution in [2.24, 2.45) is 11.5 Å². The number of aliphatic hydroxyl groups is 1. The van der Waals surface area contributed by atoms with Crippen LogP contribution in [0, 0.1) is 11.6 Å². The number of nitrogens with two attached hydrogens (primary N) is 2. The number of H-pyrrole nitrogens is 2. The average Bonchev–Trinajstić information content (AvgIpc) is 1.57. The Labute approximate surface area is 573 Å². The third kappa shape index (κ3) is 18.3. The van der Waals surface area contributed by atoms with Gasteiger partial charge >= 0.3 is 0 Å². The Morgan fingerprint density at radius 2 is 1.27 bits per heavy atom. The van der Waals surface area contributed by atoms with Crippen LogP contribution in [-0.2, 0) is 85.0 Å². The molecular formula is C70H85F3N14O13. The van der Waals surface area contributed by atoms with Gasteiger partial charge in [-0.3, -0.25) is 52.7 Å². The standard InChI is InChI=1S/C70H85F3N14O13/c1-37-62(92)81-54(28-42-34-76-50-19-15-44(71)30-48(42)50)64(94)82-56(29-43-35-77-51-20-16-45(72)31-49(43)51)67(97)86-36-46(73)32-57(86)65(95)85-60(38(2)88)66(96)83-55(27-40-13-17-47(100-4)18-14-40)68(98)87-25-7-23-70(87,3)69(99)84-53(61(75)91)26-39-9-11-41(12-10-39)33-78-58(89)21-22-59(90)80-52(63(93)79-37)8-5-6-24-74/h9-20,30-31,34-35,37-38,46,52-57,60,76-77,88H,5-8,21-29,32-33,36,74H2,1-4H3,(H2,75,91)(H,78,89)(H,79,93)(H,80,90)(H,81,92)(H,82,94)(H,83,96)(H,84,99)(H,85,95)/t37-,38-,46+,52+,53+,54+,55+,56+,57+,60+,70+/m1/s1. The molecular weight excluding hydrogens is 1300 g/mol. The molecule has 4 aliphatic rings. The molecule has 2 fully saturated rings. The molecule has 100 heavy (non-hydrogen) atoms. The van der Waals surface area contributed by atoms with Crippen LogP contribution in [0.4, 0.5) is 13.2 Å². The normalized spacial score (nSPS) is 25.1. The van der Waals surface area contributed by atoms with E-state index in [-0.39, 0.29) is 75.5 Å². The number of amides is 11. The summed E-state index contributed by atoms with van der Waals surface area (Å²) in [5.41, 5.74) is 13.1. The number of aromatic amines is 2. The quantitative estimate of drug-likeness (QED) is 0.0574. The van der Waals surface area contributed by atoms with Crippen molar-refractivity contribution in [1.29, 1.82) is 0 Å². The number of benzene rings is 4. The van der Waals surface area contributed by atoms with E-state index in [1.165, 1.54) is 81.6 Å². The van der Waals surface area contributed by atoms with Crippen LogP contribution < -0.4 is 58.7 Å². The smallest absolute Gasteiger partial charge is 0.246 e. The zero-order valence-electron chi connectivity index (χ0n) is 55.9. The molecule has 0 saturated carbocycles. The van der Waals surface area contributed by atoms with E-state index in [0.29, 0.717) is 63.7 Å². The van der Waals surface area contributed by atoms with Crippen LogP contribution in [0.25, 0.3) is 21.8 Å². The van der Waals surface area contributed by atoms with Gasteiger partial charge < -0.3 is 83.6 Å². The highest BCUT2D eigenvalue weighted by Crippen LogP contribution is 2.32. The third-order valence-electron chi connectivity index (χ3n) is 18.6. The summed E-state index contributed by atoms with van der Waals surface area (Å²) in [5.74, 6) is -10.6. The Hall–Kier alpha value is -10.4. The highest BCUT2D eigenvalue weighted by Gasteiger charge is 2.49. The predicted octanol–water partition coefficient (Wildman–Crippen LogP) is 1.35. The highest BCUT2D eigenvalue weighted by atomic mass is 19.1. The second-order valence-corrected chi connectivity index (χ2v) is 25.9. The number of rotatable bonds is 13. The average molecular weight is 1390 g/mol. The maximum atomic E-state index is 16.1. The number of aromatic nitrogens is 2. The lowest BCUT2D eigenvalue weighted by molar-refractivity contribution is -0.147. The molecule has 2 aromatic heterocycles. The Kier molecular flexibility index (Phi) is 24.4. The topological polar surface area (TPSA) is 404 Å². The summed E-state index contributed by atoms with van der Waals surface area (Å²) in [5, 5.41) is 33.1. The fraction of sp³-hybridized carbons (Fsp3) is 0.443. The van der Waals surface area contributed by atoms with Gasteiger partial charge in [0.05, 0.1) is 19.8 Å². The van der Waals surface area contributed by atoms with Crippen molar-refractivity contribution in [3.63, 3.8) is 0 Å². The van der Waals surface area contributed by atoms with E-state index in [1.807, 2.05) is 0 Å². The fourth-order valence-corrected chi connectivity index (χ4v) is 12.9. The van der Waals surface area contributed by atoms with E-state index in [4.69, 9.17) is 16.2 Å². The minimum Gasteiger partial charge on any atom is -0.497 e. The van der Waals surface area contributed by atoms with E-state index in [1.54, 1.807) is 48.5 Å². The molecule has 11 amide bonds. The molecule has 4 aromatic carbocycles. The van der Waals surface area contributed by atoms with Crippen LogP contribution in [0.3, 0.4) is 0 Å². The molecule has 0 radical (unpaired) electrons. The van der Waals surface area contributed by atoms with Crippen LogP contribution >= 0.6 is 0 Å². The summed E-state index contributed by atoms with van der Waals surface area (Å²) in [7, 11) is 1.45. The summed E-state index contributed by atoms with van der Waals surface area (Å²) < 4.78 is 51.4. The molecule has 27 nitrogen and oxygen atoms in total. The van der Waals surface area contributed by atoms with E-state index >= 15 is 18.8 Å². The number of hydrogen-bond acceptors (Lipinski definition) is 14. The molecule has 0 unspecified atom stereocenters. The van der Waals surface area contributed by atoms with Gasteiger partial charge in [0.2, 0.25) is 65.0 Å². The van der Waals surface area contributed by atoms with Crippen molar-refractivity contribution in [1.82, 2.24) is 62.3 Å². The lowest BCUT2D eigenvalue weighted by atomic mass is 9.94. The number of nitrogens with one attached hydrogen (secondary N) is 10. The number of aliphatic hydroxyl groups excluding tert-OH is 1. The first kappa shape index (κ1) is 73.9. The number of methoxy groups -OCH3 is 1. The van der Waals surface area contributed by atoms with Crippen molar-refractivity contribution in [3.05, 3.63) is 137 Å². The largest absolute Gasteiger partial charge is 0.497 e. The minimum atomic E-state index is -1.90. The zero-order chi connectivity index (χ0) is 72.1. The molecule has 0 spiro atoms. The molecule has 11 atom stereocenters. The Morgan fingerprint density at radius 3 is 1.89 bits per heavy atom. The summed E-state index contributed by atoms with van der Waals surface area (Å²) >= 11 is 0. The molecule has 10 rings (SSSR count). The van der Waals surface area contributed by atoms with Crippen molar-refractivity contribution in [3.8, 4) is 5.75 Å². The minimum absolute atomic E-state index is 0.00369. The number of unbranched alkanes of at least 4 members (excludes halogenated alkanes) is 1. The SMILES string of the molecule is COc1ccc(C[C@@H]2NC(=O)[C@H]([C@@H](C)O)NC(=O)[C@@H]3C[C@H](F)CN3C(=O)[C@H](Cc3c[nH]c4ccc(F)cc34)NC(=O)[C@H](Cc3c[nH]c4ccc(F)cc34)NC(=O)[C@@H](C)NC(=O)[C@H](CCCCN)NC(=O)CCC(=O)NCc3ccc(cc3)C[C@@H](C(N)=O)NC(=O)[C@]3(C)CCCN3C2=O)cc1. The second kappa shape index (κ2) is 33.0. The molecule has 2 bridgehead atoms. The first-order valence-corrected chi connectivity index (χ1v) is 33.3. The molecule has 30 heteroatoms. The fourth-order valence-electron chi connectivity index (χ4n) is 12.9. The van der Waals surface area contributed by atoms with Gasteiger partial charge in [0.15, 0.2) is 0 Å². The number of halogens is 3. The van der Waals surface area contributed by atoms with Gasteiger partial charge in [0, 0.05) is 92.2 Å². The van der Waals surface area contributed by atoms with E-state index in [0.717, 1.165) is 4.90 Å². The van der Waals surface area contributed by atoms with Gasteiger partial charge in [-0.1, -0.05) is 36.4 Å². The van der Waals surface area contributed by atoms with Crippen LogP contribution in [0.5, 0.6) is 5.75 Å². The summed E-state index contributed by atoms with van der Waals surface area (Å²) in [6.07, 6.45) is -1.89. The summed E-state index contributed by atoms with van der Waals surface area (Å²) in [6, 6.07) is 8.24. The Balaban J connectivity index is 1.06. The maximum absolute atomic E-state index is 16.1. The van der Waals surface area contributed by atoms with Gasteiger partial charge in [-0.05, 0) is 136 Å². The van der Waals surface area contributed by atoms with Gasteiger partial charge in [-0.2, -0.15) is 0 Å². The summed E-state index contributed by atoms with van der Waals surface area (Å²) in [4.78, 5) is 166.